The summed E-state index contributed by atoms with van der Waals surface area (Å²) in [5.41, 5.74) is 0. The zero-order chi connectivity index (χ0) is 8.20. The highest BCUT2D eigenvalue weighted by molar-refractivity contribution is 7.48. The quantitative estimate of drug-likeness (QED) is 0.464. The highest BCUT2D eigenvalue weighted by atomic mass is 31.2. The van der Waals surface area contributed by atoms with E-state index in [1.807, 2.05) is 0 Å². The first kappa shape index (κ1) is 9.13. The van der Waals surface area contributed by atoms with E-state index in [0.717, 1.165) is 6.92 Å². The van der Waals surface area contributed by atoms with E-state index in [1.165, 1.54) is 0 Å². The molecule has 0 amide bonds. The molecule has 0 aliphatic rings. The molecule has 1 N–H and O–H groups in total. The van der Waals surface area contributed by atoms with Crippen molar-refractivity contribution in [2.24, 2.45) is 0 Å². The third-order valence-electron chi connectivity index (χ3n) is 0.420. The van der Waals surface area contributed by atoms with Gasteiger partial charge in [-0.2, -0.15) is 0 Å². The van der Waals surface area contributed by atoms with Gasteiger partial charge in [-0.15, -0.1) is 0 Å². The highest BCUT2D eigenvalue weighted by Gasteiger charge is 2.24. The van der Waals surface area contributed by atoms with Gasteiger partial charge in [0, 0.05) is 6.92 Å². The van der Waals surface area contributed by atoms with Crippen LogP contribution in [0.3, 0.4) is 0 Å². The maximum absolute atomic E-state index is 10.3. The second kappa shape index (κ2) is 3.34. The normalized spacial score (nSPS) is 15.0. The van der Waals surface area contributed by atoms with Crippen LogP contribution in [0.1, 0.15) is 6.92 Å². The number of carbonyl (C=O) groups excluding carboxylic acids is 2. The van der Waals surface area contributed by atoms with Gasteiger partial charge in [0.15, 0.2) is 0 Å². The summed E-state index contributed by atoms with van der Waals surface area (Å²) in [5, 5.41) is 0. The standard InChI is InChI=1S/C3H5O6P/c1-3(5)9-10(6,7)8-2-4/h2H,1H3,(H,6,7). The van der Waals surface area contributed by atoms with Crippen molar-refractivity contribution in [3.8, 4) is 0 Å². The van der Waals surface area contributed by atoms with Crippen molar-refractivity contribution >= 4 is 20.3 Å². The molecule has 0 aliphatic heterocycles. The Morgan fingerprint density at radius 1 is 1.70 bits per heavy atom. The number of phosphoric ester groups is 1. The average molecular weight is 168 g/mol. The maximum Gasteiger partial charge on any atom is 0.589 e. The van der Waals surface area contributed by atoms with E-state index < -0.39 is 13.8 Å². The molecule has 1 atom stereocenters. The Kier molecular flexibility index (Phi) is 3.05. The van der Waals surface area contributed by atoms with Crippen molar-refractivity contribution in [1.82, 2.24) is 0 Å². The molecule has 7 heteroatoms. The summed E-state index contributed by atoms with van der Waals surface area (Å²) >= 11 is 0. The summed E-state index contributed by atoms with van der Waals surface area (Å²) in [6, 6.07) is 0. The van der Waals surface area contributed by atoms with Crippen molar-refractivity contribution in [3.63, 3.8) is 0 Å². The minimum absolute atomic E-state index is 0.274. The molecule has 0 aromatic heterocycles. The molecule has 0 aliphatic carbocycles. The Morgan fingerprint density at radius 2 is 2.20 bits per heavy atom. The predicted molar refractivity (Wildman–Crippen MR) is 28.7 cm³/mol. The fraction of sp³-hybridized carbons (Fsp3) is 0.333. The summed E-state index contributed by atoms with van der Waals surface area (Å²) < 4.78 is 17.5. The van der Waals surface area contributed by atoms with E-state index in [1.54, 1.807) is 0 Å². The lowest BCUT2D eigenvalue weighted by Gasteiger charge is -2.04. The molecular weight excluding hydrogens is 163 g/mol. The third-order valence-corrected chi connectivity index (χ3v) is 1.26. The zero-order valence-electron chi connectivity index (χ0n) is 5.01. The van der Waals surface area contributed by atoms with E-state index in [2.05, 4.69) is 9.05 Å². The molecule has 6 nitrogen and oxygen atoms in total. The van der Waals surface area contributed by atoms with Crippen LogP contribution >= 0.6 is 7.82 Å². The van der Waals surface area contributed by atoms with Crippen LogP contribution in [0, 0.1) is 0 Å². The molecule has 58 valence electrons. The number of carbonyl (C=O) groups is 2. The molecular formula is C3H5O6P. The molecule has 0 heterocycles. The molecule has 0 rings (SSSR count). The third kappa shape index (κ3) is 4.05. The van der Waals surface area contributed by atoms with E-state index in [0.29, 0.717) is 0 Å². The second-order valence-electron chi connectivity index (χ2n) is 1.25. The van der Waals surface area contributed by atoms with Crippen LogP contribution in [0.5, 0.6) is 0 Å². The van der Waals surface area contributed by atoms with Crippen LogP contribution in [0.2, 0.25) is 0 Å². The van der Waals surface area contributed by atoms with Gasteiger partial charge in [-0.25, -0.2) is 4.57 Å². The van der Waals surface area contributed by atoms with Gasteiger partial charge in [0.1, 0.15) is 0 Å². The molecule has 0 aromatic carbocycles. The maximum atomic E-state index is 10.3. The van der Waals surface area contributed by atoms with Crippen molar-refractivity contribution in [3.05, 3.63) is 0 Å². The molecule has 0 aromatic rings. The van der Waals surface area contributed by atoms with Crippen molar-refractivity contribution < 1.29 is 28.1 Å². The summed E-state index contributed by atoms with van der Waals surface area (Å²) in [7, 11) is -4.47. The van der Waals surface area contributed by atoms with E-state index in [9.17, 15) is 14.2 Å². The fourth-order valence-electron chi connectivity index (χ4n) is 0.238. The van der Waals surface area contributed by atoms with Gasteiger partial charge >= 0.3 is 20.3 Å². The summed E-state index contributed by atoms with van der Waals surface area (Å²) in [6.45, 7) is 0.640. The van der Waals surface area contributed by atoms with Crippen LogP contribution in [0.25, 0.3) is 0 Å². The minimum Gasteiger partial charge on any atom is -0.364 e. The first-order valence-electron chi connectivity index (χ1n) is 2.13. The van der Waals surface area contributed by atoms with Crippen molar-refractivity contribution in [1.29, 1.82) is 0 Å². The lowest BCUT2D eigenvalue weighted by molar-refractivity contribution is -0.134. The highest BCUT2D eigenvalue weighted by Crippen LogP contribution is 2.41. The van der Waals surface area contributed by atoms with Crippen molar-refractivity contribution in [2.75, 3.05) is 0 Å². The van der Waals surface area contributed by atoms with E-state index in [-0.39, 0.29) is 6.47 Å². The molecule has 0 saturated heterocycles. The largest absolute Gasteiger partial charge is 0.589 e. The van der Waals surface area contributed by atoms with Crippen LogP contribution in [0.15, 0.2) is 0 Å². The summed E-state index contributed by atoms with van der Waals surface area (Å²) in [6.07, 6.45) is 0. The molecule has 0 saturated carbocycles. The number of hydrogen-bond acceptors (Lipinski definition) is 5. The van der Waals surface area contributed by atoms with Gasteiger partial charge in [0.2, 0.25) is 0 Å². The van der Waals surface area contributed by atoms with Crippen LogP contribution in [-0.2, 0) is 23.2 Å². The van der Waals surface area contributed by atoms with Crippen LogP contribution in [-0.4, -0.2) is 17.3 Å². The SMILES string of the molecule is CC(=O)OP(=O)(O)OC=O. The number of phosphoric acid groups is 1. The Bertz CT molecular complexity index is 185. The van der Waals surface area contributed by atoms with E-state index >= 15 is 0 Å². The number of hydrogen-bond donors (Lipinski definition) is 1. The lowest BCUT2D eigenvalue weighted by atomic mass is 10.9. The van der Waals surface area contributed by atoms with Crippen LogP contribution < -0.4 is 0 Å². The lowest BCUT2D eigenvalue weighted by Crippen LogP contribution is -1.98. The average Bonchev–Trinajstić information content (AvgIpc) is 1.59. The topological polar surface area (TPSA) is 89.9 Å². The van der Waals surface area contributed by atoms with Gasteiger partial charge in [0.25, 0.3) is 0 Å². The van der Waals surface area contributed by atoms with Crippen LogP contribution in [0.4, 0.5) is 0 Å². The van der Waals surface area contributed by atoms with Gasteiger partial charge in [-0.3, -0.25) is 14.5 Å². The molecule has 0 radical (unpaired) electrons. The predicted octanol–water partition coefficient (Wildman–Crippen LogP) is -0.177. The first-order valence-corrected chi connectivity index (χ1v) is 3.62. The van der Waals surface area contributed by atoms with Gasteiger partial charge in [-0.05, 0) is 0 Å². The second-order valence-corrected chi connectivity index (χ2v) is 2.58. The zero-order valence-corrected chi connectivity index (χ0v) is 5.91. The monoisotopic (exact) mass is 168 g/mol. The Hall–Kier alpha value is -0.870. The smallest absolute Gasteiger partial charge is 0.364 e. The van der Waals surface area contributed by atoms with Gasteiger partial charge in [-0.1, -0.05) is 0 Å². The molecule has 0 spiro atoms. The van der Waals surface area contributed by atoms with Gasteiger partial charge < -0.3 is 9.05 Å². The molecule has 1 unspecified atom stereocenters. The molecule has 0 bridgehead atoms. The Labute approximate surface area is 56.4 Å². The Morgan fingerprint density at radius 3 is 2.50 bits per heavy atom. The minimum atomic E-state index is -4.47. The number of rotatable bonds is 3. The molecule has 0 fully saturated rings. The van der Waals surface area contributed by atoms with E-state index in [4.69, 9.17) is 4.89 Å². The summed E-state index contributed by atoms with van der Waals surface area (Å²) in [4.78, 5) is 27.8. The Balaban J connectivity index is 3.99. The van der Waals surface area contributed by atoms with Crippen molar-refractivity contribution in [2.45, 2.75) is 6.92 Å². The summed E-state index contributed by atoms with van der Waals surface area (Å²) in [5.74, 6) is -0.993. The fourth-order valence-corrected chi connectivity index (χ4v) is 0.715. The molecule has 10 heavy (non-hydrogen) atoms. The van der Waals surface area contributed by atoms with Gasteiger partial charge in [0.05, 0.1) is 0 Å². The first-order chi connectivity index (χ1) is 4.48.